The maximum Gasteiger partial charge on any atom is 0.261 e. The highest BCUT2D eigenvalue weighted by molar-refractivity contribution is 7.92. The zero-order valence-electron chi connectivity index (χ0n) is 16.7. The molecule has 0 radical (unpaired) electrons. The lowest BCUT2D eigenvalue weighted by Crippen LogP contribution is -2.25. The van der Waals surface area contributed by atoms with E-state index in [1.807, 2.05) is 0 Å². The number of nitrogens with zero attached hydrogens (tertiary/aromatic N) is 1. The number of sulfonamides is 1. The number of aromatic nitrogens is 1. The number of anilines is 1. The fraction of sp³-hybridized carbons (Fsp3) is 0.182. The van der Waals surface area contributed by atoms with E-state index in [4.69, 9.17) is 9.47 Å². The van der Waals surface area contributed by atoms with Gasteiger partial charge in [0.05, 0.1) is 17.6 Å². The highest BCUT2D eigenvalue weighted by Gasteiger charge is 2.23. The molecule has 4 rings (SSSR count). The number of methoxy groups -OCH3 is 1. The van der Waals surface area contributed by atoms with E-state index in [1.54, 1.807) is 48.5 Å². The molecule has 0 unspecified atom stereocenters. The molecule has 8 nitrogen and oxygen atoms in total. The molecule has 2 aromatic carbocycles. The van der Waals surface area contributed by atoms with E-state index in [9.17, 15) is 13.2 Å². The minimum atomic E-state index is -3.72. The molecule has 0 aliphatic heterocycles. The molecule has 160 valence electrons. The molecule has 1 aliphatic rings. The van der Waals surface area contributed by atoms with E-state index in [0.717, 1.165) is 12.8 Å². The molecular formula is C22H21N3O5S. The number of hydrogen-bond donors (Lipinski definition) is 2. The van der Waals surface area contributed by atoms with Gasteiger partial charge in [0.2, 0.25) is 5.88 Å². The van der Waals surface area contributed by atoms with Gasteiger partial charge in [-0.25, -0.2) is 13.4 Å². The SMILES string of the molecule is COc1ccc(S(=O)(=O)Nc2ccc(Oc3ccc(C(=O)NC4CC4)cn3)cc2)cc1. The third-order valence-corrected chi connectivity index (χ3v) is 6.01. The van der Waals surface area contributed by atoms with Crippen molar-refractivity contribution >= 4 is 21.6 Å². The number of ether oxygens (including phenoxy) is 2. The predicted molar refractivity (Wildman–Crippen MR) is 115 cm³/mol. The van der Waals surface area contributed by atoms with Crippen LogP contribution in [0.3, 0.4) is 0 Å². The predicted octanol–water partition coefficient (Wildman–Crippen LogP) is 3.58. The Hall–Kier alpha value is -3.59. The molecule has 1 aliphatic carbocycles. The van der Waals surface area contributed by atoms with Crippen LogP contribution in [0.15, 0.2) is 71.8 Å². The normalized spacial score (nSPS) is 13.3. The molecule has 0 bridgehead atoms. The Balaban J connectivity index is 1.37. The van der Waals surface area contributed by atoms with Crippen LogP contribution in [-0.4, -0.2) is 32.5 Å². The van der Waals surface area contributed by atoms with Crippen LogP contribution >= 0.6 is 0 Å². The second-order valence-electron chi connectivity index (χ2n) is 7.04. The minimum absolute atomic E-state index is 0.128. The maximum absolute atomic E-state index is 12.5. The van der Waals surface area contributed by atoms with Crippen molar-refractivity contribution in [3.05, 3.63) is 72.4 Å². The molecule has 1 fully saturated rings. The molecule has 31 heavy (non-hydrogen) atoms. The highest BCUT2D eigenvalue weighted by Crippen LogP contribution is 2.24. The molecule has 0 saturated heterocycles. The molecule has 1 saturated carbocycles. The van der Waals surface area contributed by atoms with Crippen LogP contribution in [0.25, 0.3) is 0 Å². The second kappa shape index (κ2) is 8.65. The number of carbonyl (C=O) groups is 1. The third kappa shape index (κ3) is 5.32. The average molecular weight is 439 g/mol. The summed E-state index contributed by atoms with van der Waals surface area (Å²) in [5.41, 5.74) is 0.866. The van der Waals surface area contributed by atoms with Crippen molar-refractivity contribution < 1.29 is 22.7 Å². The van der Waals surface area contributed by atoms with Gasteiger partial charge in [0, 0.05) is 24.0 Å². The van der Waals surface area contributed by atoms with Crippen molar-refractivity contribution in [3.63, 3.8) is 0 Å². The second-order valence-corrected chi connectivity index (χ2v) is 8.72. The number of rotatable bonds is 8. The third-order valence-electron chi connectivity index (χ3n) is 4.61. The van der Waals surface area contributed by atoms with Gasteiger partial charge in [-0.05, 0) is 67.4 Å². The highest BCUT2D eigenvalue weighted by atomic mass is 32.2. The molecule has 1 heterocycles. The van der Waals surface area contributed by atoms with Gasteiger partial charge in [0.15, 0.2) is 0 Å². The minimum Gasteiger partial charge on any atom is -0.497 e. The van der Waals surface area contributed by atoms with E-state index in [-0.39, 0.29) is 16.8 Å². The number of pyridine rings is 1. The van der Waals surface area contributed by atoms with Gasteiger partial charge >= 0.3 is 0 Å². The van der Waals surface area contributed by atoms with Crippen LogP contribution < -0.4 is 19.5 Å². The van der Waals surface area contributed by atoms with E-state index >= 15 is 0 Å². The van der Waals surface area contributed by atoms with Crippen LogP contribution in [0.5, 0.6) is 17.4 Å². The lowest BCUT2D eigenvalue weighted by Gasteiger charge is -2.10. The zero-order chi connectivity index (χ0) is 21.8. The zero-order valence-corrected chi connectivity index (χ0v) is 17.6. The summed E-state index contributed by atoms with van der Waals surface area (Å²) in [4.78, 5) is 16.3. The van der Waals surface area contributed by atoms with Gasteiger partial charge in [-0.15, -0.1) is 0 Å². The summed E-state index contributed by atoms with van der Waals surface area (Å²) in [7, 11) is -2.21. The van der Waals surface area contributed by atoms with Crippen molar-refractivity contribution in [1.29, 1.82) is 0 Å². The topological polar surface area (TPSA) is 107 Å². The molecule has 0 spiro atoms. The summed E-state index contributed by atoms with van der Waals surface area (Å²) in [5.74, 6) is 1.24. The Labute approximate surface area is 180 Å². The number of amides is 1. The van der Waals surface area contributed by atoms with Crippen molar-refractivity contribution in [2.45, 2.75) is 23.8 Å². The molecule has 0 atom stereocenters. The van der Waals surface area contributed by atoms with Crippen LogP contribution in [0.4, 0.5) is 5.69 Å². The van der Waals surface area contributed by atoms with Crippen molar-refractivity contribution in [3.8, 4) is 17.4 Å². The smallest absolute Gasteiger partial charge is 0.261 e. The first kappa shape index (κ1) is 20.7. The number of hydrogen-bond acceptors (Lipinski definition) is 6. The Bertz CT molecular complexity index is 1160. The largest absolute Gasteiger partial charge is 0.497 e. The molecule has 3 aromatic rings. The van der Waals surface area contributed by atoms with E-state index in [0.29, 0.717) is 28.6 Å². The molecule has 1 amide bonds. The lowest BCUT2D eigenvalue weighted by atomic mass is 10.2. The van der Waals surface area contributed by atoms with Gasteiger partial charge in [-0.3, -0.25) is 9.52 Å². The van der Waals surface area contributed by atoms with Crippen molar-refractivity contribution in [2.75, 3.05) is 11.8 Å². The van der Waals surface area contributed by atoms with E-state index in [1.165, 1.54) is 25.4 Å². The lowest BCUT2D eigenvalue weighted by molar-refractivity contribution is 0.0950. The van der Waals surface area contributed by atoms with Gasteiger partial charge in [0.1, 0.15) is 11.5 Å². The first-order valence-electron chi connectivity index (χ1n) is 9.65. The van der Waals surface area contributed by atoms with Gasteiger partial charge in [-0.1, -0.05) is 0 Å². The summed E-state index contributed by atoms with van der Waals surface area (Å²) in [6.07, 6.45) is 3.50. The number of carbonyl (C=O) groups excluding carboxylic acids is 1. The molecule has 2 N–H and O–H groups in total. The molecule has 9 heteroatoms. The summed E-state index contributed by atoms with van der Waals surface area (Å²) < 4.78 is 38.2. The van der Waals surface area contributed by atoms with Gasteiger partial charge in [0.25, 0.3) is 15.9 Å². The van der Waals surface area contributed by atoms with Crippen molar-refractivity contribution in [2.24, 2.45) is 0 Å². The first-order valence-corrected chi connectivity index (χ1v) is 11.1. The molecular weight excluding hydrogens is 418 g/mol. The summed E-state index contributed by atoms with van der Waals surface area (Å²) in [6, 6.07) is 16.1. The average Bonchev–Trinajstić information content (AvgIpc) is 3.59. The fourth-order valence-electron chi connectivity index (χ4n) is 2.75. The van der Waals surface area contributed by atoms with Gasteiger partial charge < -0.3 is 14.8 Å². The maximum atomic E-state index is 12.5. The molecule has 1 aromatic heterocycles. The van der Waals surface area contributed by atoms with Crippen LogP contribution in [0.2, 0.25) is 0 Å². The van der Waals surface area contributed by atoms with Crippen LogP contribution in [0.1, 0.15) is 23.2 Å². The Morgan fingerprint density at radius 3 is 2.23 bits per heavy atom. The standard InChI is InChI=1S/C22H21N3O5S/c1-29-18-9-11-20(12-10-18)31(27,28)25-17-5-7-19(8-6-17)30-21-13-2-15(14-23-21)22(26)24-16-3-4-16/h2,5-14,16,25H,3-4H2,1H3,(H,24,26). The summed E-state index contributed by atoms with van der Waals surface area (Å²) >= 11 is 0. The summed E-state index contributed by atoms with van der Waals surface area (Å²) in [6.45, 7) is 0. The Morgan fingerprint density at radius 2 is 1.65 bits per heavy atom. The Kier molecular flexibility index (Phi) is 5.77. The number of benzene rings is 2. The van der Waals surface area contributed by atoms with Crippen LogP contribution in [-0.2, 0) is 10.0 Å². The van der Waals surface area contributed by atoms with Crippen molar-refractivity contribution in [1.82, 2.24) is 10.3 Å². The fourth-order valence-corrected chi connectivity index (χ4v) is 3.81. The monoisotopic (exact) mass is 439 g/mol. The van der Waals surface area contributed by atoms with Crippen LogP contribution in [0, 0.1) is 0 Å². The van der Waals surface area contributed by atoms with E-state index < -0.39 is 10.0 Å². The first-order chi connectivity index (χ1) is 14.9. The summed E-state index contributed by atoms with van der Waals surface area (Å²) in [5, 5.41) is 2.90. The quantitative estimate of drug-likeness (QED) is 0.556. The number of nitrogens with one attached hydrogen (secondary N) is 2. The van der Waals surface area contributed by atoms with Gasteiger partial charge in [-0.2, -0.15) is 0 Å². The van der Waals surface area contributed by atoms with E-state index in [2.05, 4.69) is 15.0 Å². The Morgan fingerprint density at radius 1 is 0.968 bits per heavy atom.